The quantitative estimate of drug-likeness (QED) is 0.474. The van der Waals surface area contributed by atoms with Crippen LogP contribution in [0.5, 0.6) is 0 Å². The number of hydrogen-bond acceptors (Lipinski definition) is 0. The van der Waals surface area contributed by atoms with Crippen molar-refractivity contribution in [2.45, 2.75) is 25.7 Å². The van der Waals surface area contributed by atoms with Crippen LogP contribution in [0.15, 0.2) is 48.6 Å². The van der Waals surface area contributed by atoms with Gasteiger partial charge in [0.1, 0.15) is 0 Å². The molecule has 0 bridgehead atoms. The molecule has 2 aliphatic rings. The summed E-state index contributed by atoms with van der Waals surface area (Å²) >= 11 is 0. The molecule has 0 heterocycles. The van der Waals surface area contributed by atoms with Gasteiger partial charge in [-0.2, -0.15) is 0 Å². The molecule has 90 valence electrons. The third kappa shape index (κ3) is 20.9. The monoisotopic (exact) mass is 268 g/mol. The Morgan fingerprint density at radius 1 is 0.529 bits per heavy atom. The molecule has 0 aromatic heterocycles. The summed E-state index contributed by atoms with van der Waals surface area (Å²) in [5.74, 6) is 0. The molecule has 0 radical (unpaired) electrons. The fraction of sp³-hybridized carbons (Fsp3) is 0.286. The van der Waals surface area contributed by atoms with Gasteiger partial charge < -0.3 is 0 Å². The molecule has 2 rings (SSSR count). The largest absolute Gasteiger partial charge is 0 e. The van der Waals surface area contributed by atoms with Crippen LogP contribution in [0.1, 0.15) is 25.7 Å². The van der Waals surface area contributed by atoms with Crippen molar-refractivity contribution in [3.8, 4) is 0 Å². The summed E-state index contributed by atoms with van der Waals surface area (Å²) < 4.78 is 15.0. The van der Waals surface area contributed by atoms with Crippen molar-refractivity contribution in [2.75, 3.05) is 0 Å². The van der Waals surface area contributed by atoms with Crippen LogP contribution in [0.2, 0.25) is 0 Å². The molecule has 2 nitrogen and oxygen atoms in total. The van der Waals surface area contributed by atoms with Crippen molar-refractivity contribution < 1.29 is 26.7 Å². The van der Waals surface area contributed by atoms with E-state index in [2.05, 4.69) is 61.9 Å². The van der Waals surface area contributed by atoms with Gasteiger partial charge in [0.05, 0.1) is 0 Å². The maximum atomic E-state index is 7.50. The summed E-state index contributed by atoms with van der Waals surface area (Å²) in [6, 6.07) is 0. The average molecular weight is 268 g/mol. The summed E-state index contributed by atoms with van der Waals surface area (Å²) in [6.45, 7) is 9.00. The van der Waals surface area contributed by atoms with E-state index in [1.54, 1.807) is 0 Å². The summed E-state index contributed by atoms with van der Waals surface area (Å²) in [4.78, 5) is 0. The van der Waals surface area contributed by atoms with Crippen LogP contribution in [0.4, 0.5) is 0 Å². The Bertz CT molecular complexity index is 229. The number of hydrogen-bond donors (Lipinski definition) is 0. The second-order valence-electron chi connectivity index (χ2n) is 2.87. The fourth-order valence-electron chi connectivity index (χ4n) is 1.08. The Morgan fingerprint density at radius 3 is 0.765 bits per heavy atom. The van der Waals surface area contributed by atoms with Gasteiger partial charge in [-0.15, -0.1) is 0 Å². The normalized spacial score (nSPS) is 13.4. The van der Waals surface area contributed by atoms with Crippen LogP contribution in [0.25, 0.3) is 0 Å². The Labute approximate surface area is 114 Å². The molecule has 0 amide bonds. The van der Waals surface area contributed by atoms with Crippen molar-refractivity contribution in [1.82, 2.24) is 0 Å². The Hall–Kier alpha value is -1.03. The Kier molecular flexibility index (Phi) is 30.4. The van der Waals surface area contributed by atoms with E-state index in [4.69, 9.17) is 9.30 Å². The van der Waals surface area contributed by atoms with Crippen molar-refractivity contribution in [2.24, 2.45) is 0 Å². The standard InChI is InChI=1S/2C6H8.2CO.Cr/c2*1-2-4-6-5-3-1;2*1-2;/h2*1-4H,5-6H2;;;. The van der Waals surface area contributed by atoms with Gasteiger partial charge in [-0.1, -0.05) is 48.6 Å². The molecule has 2 aliphatic carbocycles. The predicted octanol–water partition coefficient (Wildman–Crippen LogP) is 3.71. The van der Waals surface area contributed by atoms with Gasteiger partial charge in [0.15, 0.2) is 0 Å². The molecule has 0 saturated heterocycles. The van der Waals surface area contributed by atoms with Gasteiger partial charge in [0.2, 0.25) is 0 Å². The van der Waals surface area contributed by atoms with E-state index in [1.807, 2.05) is 0 Å². The zero-order valence-corrected chi connectivity index (χ0v) is 10.9. The molecule has 0 aliphatic heterocycles. The third-order valence-electron chi connectivity index (χ3n) is 1.77. The van der Waals surface area contributed by atoms with E-state index in [-0.39, 0.29) is 17.4 Å². The minimum atomic E-state index is 0. The van der Waals surface area contributed by atoms with Gasteiger partial charge in [-0.25, -0.2) is 0 Å². The van der Waals surface area contributed by atoms with E-state index >= 15 is 0 Å². The summed E-state index contributed by atoms with van der Waals surface area (Å²) in [5, 5.41) is 0. The van der Waals surface area contributed by atoms with Crippen molar-refractivity contribution >= 4 is 0 Å². The van der Waals surface area contributed by atoms with Crippen molar-refractivity contribution in [3.05, 3.63) is 61.9 Å². The molecule has 0 aromatic carbocycles. The molecule has 17 heavy (non-hydrogen) atoms. The Balaban J connectivity index is -0.000000171. The summed E-state index contributed by atoms with van der Waals surface area (Å²) in [6.07, 6.45) is 22.0. The number of rotatable bonds is 0. The minimum Gasteiger partial charge on any atom is 0 e. The molecule has 0 N–H and O–H groups in total. The van der Waals surface area contributed by atoms with Gasteiger partial charge in [0, 0.05) is 17.4 Å². The molecular weight excluding hydrogens is 252 g/mol. The van der Waals surface area contributed by atoms with Crippen LogP contribution in [0.3, 0.4) is 0 Å². The van der Waals surface area contributed by atoms with Crippen LogP contribution >= 0.6 is 0 Å². The fourth-order valence-corrected chi connectivity index (χ4v) is 1.08. The number of allylic oxidation sites excluding steroid dienone is 8. The van der Waals surface area contributed by atoms with E-state index in [9.17, 15) is 0 Å². The SMILES string of the molecule is C1=CCCC=C1.C1=CCCC=C1.[C-]#[O+].[C-]#[O+].[Cr]. The Morgan fingerprint density at radius 2 is 0.706 bits per heavy atom. The molecule has 0 unspecified atom stereocenters. The summed E-state index contributed by atoms with van der Waals surface area (Å²) in [7, 11) is 0. The smallest absolute Gasteiger partial charge is 0 e. The topological polar surface area (TPSA) is 39.8 Å². The summed E-state index contributed by atoms with van der Waals surface area (Å²) in [5.41, 5.74) is 0. The van der Waals surface area contributed by atoms with Crippen LogP contribution in [0, 0.1) is 13.3 Å². The van der Waals surface area contributed by atoms with Crippen LogP contribution in [-0.2, 0) is 26.7 Å². The first kappa shape index (κ1) is 21.3. The van der Waals surface area contributed by atoms with E-state index in [1.165, 1.54) is 25.7 Å². The van der Waals surface area contributed by atoms with Crippen LogP contribution in [-0.4, -0.2) is 0 Å². The maximum absolute atomic E-state index is 7.50. The maximum Gasteiger partial charge on any atom is 0 e. The van der Waals surface area contributed by atoms with Crippen molar-refractivity contribution in [3.63, 3.8) is 0 Å². The second-order valence-corrected chi connectivity index (χ2v) is 2.87. The van der Waals surface area contributed by atoms with Crippen molar-refractivity contribution in [1.29, 1.82) is 0 Å². The van der Waals surface area contributed by atoms with E-state index < -0.39 is 0 Å². The predicted molar refractivity (Wildman–Crippen MR) is 62.9 cm³/mol. The average Bonchev–Trinajstić information content (AvgIpc) is 2.48. The molecule has 0 atom stereocenters. The van der Waals surface area contributed by atoms with E-state index in [0.29, 0.717) is 0 Å². The first-order valence-corrected chi connectivity index (χ1v) is 5.04. The molecule has 0 aromatic rings. The van der Waals surface area contributed by atoms with E-state index in [0.717, 1.165) is 0 Å². The zero-order chi connectivity index (χ0) is 12.5. The molecule has 0 saturated carbocycles. The minimum absolute atomic E-state index is 0. The molecule has 0 fully saturated rings. The second kappa shape index (κ2) is 24.3. The van der Waals surface area contributed by atoms with Gasteiger partial charge in [-0.05, 0) is 25.7 Å². The zero-order valence-electron chi connectivity index (χ0n) is 9.67. The molecule has 3 heteroatoms. The first-order chi connectivity index (χ1) is 8.00. The molecule has 0 spiro atoms. The molecular formula is C14H16CrO2. The van der Waals surface area contributed by atoms with Gasteiger partial charge in [0.25, 0.3) is 0 Å². The van der Waals surface area contributed by atoms with Gasteiger partial charge >= 0.3 is 22.6 Å². The third-order valence-corrected chi connectivity index (χ3v) is 1.77. The first-order valence-electron chi connectivity index (χ1n) is 5.04. The van der Waals surface area contributed by atoms with Gasteiger partial charge in [-0.3, -0.25) is 0 Å². The van der Waals surface area contributed by atoms with Crippen LogP contribution < -0.4 is 0 Å².